The maximum Gasteiger partial charge on any atom is 0.174 e. The summed E-state index contributed by atoms with van der Waals surface area (Å²) in [6.45, 7) is 0. The van der Waals surface area contributed by atoms with Gasteiger partial charge in [0.2, 0.25) is 0 Å². The van der Waals surface area contributed by atoms with E-state index >= 15 is 0 Å². The monoisotopic (exact) mass is 358 g/mol. The first kappa shape index (κ1) is 11.0. The second-order valence-corrected chi connectivity index (χ2v) is 5.11. The number of benzene rings is 1. The first-order valence-corrected chi connectivity index (χ1v) is 6.32. The lowest BCUT2D eigenvalue weighted by Crippen LogP contribution is -1.77. The van der Waals surface area contributed by atoms with Gasteiger partial charge in [0.25, 0.3) is 0 Å². The van der Waals surface area contributed by atoms with E-state index in [2.05, 4.69) is 41.8 Å². The second kappa shape index (κ2) is 3.96. The van der Waals surface area contributed by atoms with E-state index in [4.69, 9.17) is 4.42 Å². The lowest BCUT2D eigenvalue weighted by atomic mass is 10.3. The first-order valence-electron chi connectivity index (χ1n) is 4.74. The van der Waals surface area contributed by atoms with Gasteiger partial charge in [-0.1, -0.05) is 0 Å². The number of imidazole rings is 1. The largest absolute Gasteiger partial charge is 0.446 e. The van der Waals surface area contributed by atoms with Crippen molar-refractivity contribution in [1.82, 2.24) is 9.97 Å². The fourth-order valence-corrected chi connectivity index (χ4v) is 2.20. The van der Waals surface area contributed by atoms with Crippen molar-refractivity contribution >= 4 is 42.9 Å². The van der Waals surface area contributed by atoms with Crippen LogP contribution in [0.4, 0.5) is 4.39 Å². The highest BCUT2D eigenvalue weighted by molar-refractivity contribution is 9.10. The summed E-state index contributed by atoms with van der Waals surface area (Å²) >= 11 is 6.35. The van der Waals surface area contributed by atoms with E-state index < -0.39 is 0 Å². The van der Waals surface area contributed by atoms with Crippen LogP contribution in [-0.2, 0) is 0 Å². The van der Waals surface area contributed by atoms with Crippen molar-refractivity contribution in [3.05, 3.63) is 39.2 Å². The van der Waals surface area contributed by atoms with Crippen molar-refractivity contribution in [3.8, 4) is 11.6 Å². The van der Waals surface area contributed by atoms with Crippen LogP contribution in [0.25, 0.3) is 22.6 Å². The van der Waals surface area contributed by atoms with Gasteiger partial charge in [0.05, 0.1) is 15.5 Å². The molecule has 2 aromatic heterocycles. The first-order chi connectivity index (χ1) is 8.13. The number of aromatic nitrogens is 2. The fourth-order valence-electron chi connectivity index (χ4n) is 1.56. The van der Waals surface area contributed by atoms with Crippen molar-refractivity contribution in [1.29, 1.82) is 0 Å². The van der Waals surface area contributed by atoms with Crippen molar-refractivity contribution < 1.29 is 8.81 Å². The molecule has 86 valence electrons. The van der Waals surface area contributed by atoms with Crippen LogP contribution in [0, 0.1) is 5.82 Å². The van der Waals surface area contributed by atoms with Gasteiger partial charge in [-0.2, -0.15) is 0 Å². The molecule has 0 saturated carbocycles. The normalized spacial score (nSPS) is 11.2. The third-order valence-corrected chi connectivity index (χ3v) is 3.36. The maximum absolute atomic E-state index is 13.3. The molecule has 6 heteroatoms. The van der Waals surface area contributed by atoms with Crippen LogP contribution in [0.5, 0.6) is 0 Å². The van der Waals surface area contributed by atoms with Crippen LogP contribution >= 0.6 is 31.9 Å². The van der Waals surface area contributed by atoms with Gasteiger partial charge in [-0.3, -0.25) is 0 Å². The predicted octanol–water partition coefficient (Wildman–Crippen LogP) is 4.49. The molecule has 3 rings (SSSR count). The van der Waals surface area contributed by atoms with Gasteiger partial charge in [0.15, 0.2) is 16.3 Å². The molecule has 1 N–H and O–H groups in total. The Kier molecular flexibility index (Phi) is 2.56. The third-order valence-electron chi connectivity index (χ3n) is 2.33. The van der Waals surface area contributed by atoms with E-state index in [-0.39, 0.29) is 5.82 Å². The smallest absolute Gasteiger partial charge is 0.174 e. The number of H-pyrrole nitrogens is 1. The molecule has 3 nitrogen and oxygen atoms in total. The number of fused-ring (bicyclic) bond motifs is 1. The van der Waals surface area contributed by atoms with E-state index in [1.165, 1.54) is 6.07 Å². The Labute approximate surface area is 112 Å². The SMILES string of the molecule is Fc1cc2[nH]c(-c3ccc(Br)o3)nc2cc1Br. The molecule has 17 heavy (non-hydrogen) atoms. The van der Waals surface area contributed by atoms with E-state index in [0.29, 0.717) is 31.8 Å². The molecule has 0 aliphatic carbocycles. The van der Waals surface area contributed by atoms with E-state index in [9.17, 15) is 4.39 Å². The zero-order valence-electron chi connectivity index (χ0n) is 8.30. The maximum atomic E-state index is 13.3. The number of furan rings is 1. The molecule has 0 spiro atoms. The average molecular weight is 360 g/mol. The molecule has 3 aromatic rings. The Morgan fingerprint density at radius 2 is 2.06 bits per heavy atom. The van der Waals surface area contributed by atoms with Gasteiger partial charge in [-0.25, -0.2) is 9.37 Å². The molecule has 0 radical (unpaired) electrons. The molecule has 0 atom stereocenters. The van der Waals surface area contributed by atoms with Crippen molar-refractivity contribution in [2.24, 2.45) is 0 Å². The van der Waals surface area contributed by atoms with Gasteiger partial charge < -0.3 is 9.40 Å². The zero-order chi connectivity index (χ0) is 12.0. The summed E-state index contributed by atoms with van der Waals surface area (Å²) in [7, 11) is 0. The van der Waals surface area contributed by atoms with E-state index in [0.717, 1.165) is 0 Å². The van der Waals surface area contributed by atoms with Gasteiger partial charge in [-0.15, -0.1) is 0 Å². The van der Waals surface area contributed by atoms with Gasteiger partial charge in [0.1, 0.15) is 5.82 Å². The quantitative estimate of drug-likeness (QED) is 0.695. The number of halogens is 3. The van der Waals surface area contributed by atoms with Crippen molar-refractivity contribution in [2.45, 2.75) is 0 Å². The fraction of sp³-hybridized carbons (Fsp3) is 0. The summed E-state index contributed by atoms with van der Waals surface area (Å²) in [5.74, 6) is 0.848. The standard InChI is InChI=1S/C11H5Br2FN2O/c12-5-3-7-8(4-6(5)14)16-11(15-7)9-1-2-10(13)17-9/h1-4H,(H,15,16). The zero-order valence-corrected chi connectivity index (χ0v) is 11.5. The average Bonchev–Trinajstić information content (AvgIpc) is 2.85. The topological polar surface area (TPSA) is 41.8 Å². The van der Waals surface area contributed by atoms with Gasteiger partial charge >= 0.3 is 0 Å². The molecule has 0 bridgehead atoms. The summed E-state index contributed by atoms with van der Waals surface area (Å²) in [6, 6.07) is 6.59. The molecule has 2 heterocycles. The van der Waals surface area contributed by atoms with Gasteiger partial charge in [-0.05, 0) is 50.1 Å². The Hall–Kier alpha value is -1.14. The Morgan fingerprint density at radius 1 is 1.24 bits per heavy atom. The highest BCUT2D eigenvalue weighted by Gasteiger charge is 2.11. The Balaban J connectivity index is 2.19. The highest BCUT2D eigenvalue weighted by atomic mass is 79.9. The molecular formula is C11H5Br2FN2O. The summed E-state index contributed by atoms with van der Waals surface area (Å²) in [4.78, 5) is 7.34. The van der Waals surface area contributed by atoms with Crippen LogP contribution in [0.1, 0.15) is 0 Å². The predicted molar refractivity (Wildman–Crippen MR) is 69.2 cm³/mol. The Bertz CT molecular complexity index is 666. The lowest BCUT2D eigenvalue weighted by molar-refractivity contribution is 0.552. The molecular weight excluding hydrogens is 355 g/mol. The number of rotatable bonds is 1. The third kappa shape index (κ3) is 1.91. The lowest BCUT2D eigenvalue weighted by Gasteiger charge is -1.92. The molecule has 1 aromatic carbocycles. The number of aromatic amines is 1. The number of nitrogens with one attached hydrogen (secondary N) is 1. The number of hydrogen-bond donors (Lipinski definition) is 1. The van der Waals surface area contributed by atoms with Crippen LogP contribution in [0.15, 0.2) is 37.8 Å². The summed E-state index contributed by atoms with van der Waals surface area (Å²) < 4.78 is 19.7. The minimum absolute atomic E-state index is 0.326. The van der Waals surface area contributed by atoms with Crippen LogP contribution in [0.3, 0.4) is 0 Å². The Morgan fingerprint density at radius 3 is 2.76 bits per heavy atom. The van der Waals surface area contributed by atoms with E-state index in [1.807, 2.05) is 0 Å². The molecule has 0 aliphatic heterocycles. The minimum atomic E-state index is -0.326. The van der Waals surface area contributed by atoms with Crippen LogP contribution in [-0.4, -0.2) is 9.97 Å². The van der Waals surface area contributed by atoms with Crippen LogP contribution < -0.4 is 0 Å². The molecule has 0 unspecified atom stereocenters. The second-order valence-electron chi connectivity index (χ2n) is 3.47. The van der Waals surface area contributed by atoms with E-state index in [1.54, 1.807) is 18.2 Å². The molecule has 0 amide bonds. The van der Waals surface area contributed by atoms with Crippen molar-refractivity contribution in [2.75, 3.05) is 0 Å². The van der Waals surface area contributed by atoms with Gasteiger partial charge in [0, 0.05) is 6.07 Å². The molecule has 0 saturated heterocycles. The molecule has 0 fully saturated rings. The molecule has 0 aliphatic rings. The van der Waals surface area contributed by atoms with Crippen LogP contribution in [0.2, 0.25) is 0 Å². The summed E-state index contributed by atoms with van der Waals surface area (Å²) in [6.07, 6.45) is 0. The number of hydrogen-bond acceptors (Lipinski definition) is 2. The summed E-state index contributed by atoms with van der Waals surface area (Å²) in [5.41, 5.74) is 1.31. The number of nitrogens with zero attached hydrogens (tertiary/aromatic N) is 1. The highest BCUT2D eigenvalue weighted by Crippen LogP contribution is 2.27. The van der Waals surface area contributed by atoms with Crippen molar-refractivity contribution in [3.63, 3.8) is 0 Å². The summed E-state index contributed by atoms with van der Waals surface area (Å²) in [5, 5.41) is 0. The minimum Gasteiger partial charge on any atom is -0.446 e.